The Labute approximate surface area is 101 Å². The molecule has 0 saturated carbocycles. The normalized spacial score (nSPS) is 10.6. The Balaban J connectivity index is 2.63. The van der Waals surface area contributed by atoms with Gasteiger partial charge in [0.05, 0.1) is 0 Å². The molecule has 0 radical (unpaired) electrons. The van der Waals surface area contributed by atoms with Gasteiger partial charge in [-0.25, -0.2) is 4.98 Å². The van der Waals surface area contributed by atoms with Crippen molar-refractivity contribution < 1.29 is 4.79 Å². The third-order valence-electron chi connectivity index (χ3n) is 2.36. The number of hydrogen-bond acceptors (Lipinski definition) is 2. The smallest absolute Gasteiger partial charge is 0.253 e. The van der Waals surface area contributed by atoms with Crippen LogP contribution in [0.5, 0.6) is 0 Å². The number of rotatable bonds is 4. The minimum absolute atomic E-state index is 0.00931. The molecule has 0 aromatic carbocycles. The van der Waals surface area contributed by atoms with E-state index in [-0.39, 0.29) is 5.91 Å². The Kier molecular flexibility index (Phi) is 4.74. The van der Waals surface area contributed by atoms with Gasteiger partial charge in [0, 0.05) is 25.4 Å². The van der Waals surface area contributed by atoms with Crippen LogP contribution in [0.3, 0.4) is 0 Å². The highest BCUT2D eigenvalue weighted by Crippen LogP contribution is 2.10. The number of carbonyl (C=O) groups is 1. The van der Waals surface area contributed by atoms with Crippen molar-refractivity contribution in [1.29, 1.82) is 0 Å². The minimum atomic E-state index is -0.00931. The van der Waals surface area contributed by atoms with Crippen molar-refractivity contribution in [2.45, 2.75) is 20.3 Å². The molecular weight excluding hydrogens is 224 g/mol. The lowest BCUT2D eigenvalue weighted by atomic mass is 10.1. The van der Waals surface area contributed by atoms with E-state index in [1.165, 1.54) is 0 Å². The molecular formula is C12H17ClN2O. The summed E-state index contributed by atoms with van der Waals surface area (Å²) in [7, 11) is 1.80. The number of amides is 1. The monoisotopic (exact) mass is 240 g/mol. The maximum Gasteiger partial charge on any atom is 0.253 e. The lowest BCUT2D eigenvalue weighted by molar-refractivity contribution is 0.0789. The van der Waals surface area contributed by atoms with Crippen molar-refractivity contribution in [3.05, 3.63) is 29.0 Å². The highest BCUT2D eigenvalue weighted by atomic mass is 35.5. The van der Waals surface area contributed by atoms with Gasteiger partial charge in [-0.1, -0.05) is 25.4 Å². The van der Waals surface area contributed by atoms with E-state index < -0.39 is 0 Å². The number of pyridine rings is 1. The first kappa shape index (κ1) is 13.0. The molecule has 0 N–H and O–H groups in total. The second-order valence-corrected chi connectivity index (χ2v) is 4.66. The second-order valence-electron chi connectivity index (χ2n) is 4.28. The predicted molar refractivity (Wildman–Crippen MR) is 65.7 cm³/mol. The van der Waals surface area contributed by atoms with Crippen molar-refractivity contribution in [3.8, 4) is 0 Å². The fourth-order valence-electron chi connectivity index (χ4n) is 1.31. The highest BCUT2D eigenvalue weighted by molar-refractivity contribution is 6.29. The topological polar surface area (TPSA) is 33.2 Å². The van der Waals surface area contributed by atoms with E-state index in [0.29, 0.717) is 16.6 Å². The van der Waals surface area contributed by atoms with Gasteiger partial charge in [-0.2, -0.15) is 0 Å². The van der Waals surface area contributed by atoms with Gasteiger partial charge in [0.1, 0.15) is 5.15 Å². The molecule has 0 bridgehead atoms. The first-order valence-electron chi connectivity index (χ1n) is 5.37. The SMILES string of the molecule is CC(C)CCN(C)C(=O)c1ccnc(Cl)c1. The molecule has 0 aliphatic rings. The average Bonchev–Trinajstić information content (AvgIpc) is 2.24. The van der Waals surface area contributed by atoms with Crippen LogP contribution in [0.4, 0.5) is 0 Å². The number of nitrogens with zero attached hydrogens (tertiary/aromatic N) is 2. The summed E-state index contributed by atoms with van der Waals surface area (Å²) in [5, 5.41) is 0.350. The molecule has 1 aromatic heterocycles. The number of carbonyl (C=O) groups excluding carboxylic acids is 1. The molecule has 16 heavy (non-hydrogen) atoms. The molecule has 88 valence electrons. The van der Waals surface area contributed by atoms with E-state index in [0.717, 1.165) is 13.0 Å². The molecule has 0 spiro atoms. The Morgan fingerprint density at radius 1 is 1.56 bits per heavy atom. The molecule has 0 aliphatic heterocycles. The number of aromatic nitrogens is 1. The summed E-state index contributed by atoms with van der Waals surface area (Å²) in [4.78, 5) is 17.5. The van der Waals surface area contributed by atoms with Gasteiger partial charge in [-0.3, -0.25) is 4.79 Å². The summed E-state index contributed by atoms with van der Waals surface area (Å²) in [6, 6.07) is 3.27. The van der Waals surface area contributed by atoms with Gasteiger partial charge >= 0.3 is 0 Å². The molecule has 0 atom stereocenters. The Hall–Kier alpha value is -1.09. The molecule has 0 saturated heterocycles. The van der Waals surface area contributed by atoms with Gasteiger partial charge in [-0.05, 0) is 24.5 Å². The molecule has 1 heterocycles. The Morgan fingerprint density at radius 3 is 2.81 bits per heavy atom. The quantitative estimate of drug-likeness (QED) is 0.759. The van der Waals surface area contributed by atoms with Gasteiger partial charge in [0.15, 0.2) is 0 Å². The van der Waals surface area contributed by atoms with Crippen LogP contribution in [0.2, 0.25) is 5.15 Å². The third kappa shape index (κ3) is 3.81. The summed E-state index contributed by atoms with van der Waals surface area (Å²) < 4.78 is 0. The van der Waals surface area contributed by atoms with E-state index in [1.54, 1.807) is 30.3 Å². The van der Waals surface area contributed by atoms with Crippen LogP contribution in [-0.4, -0.2) is 29.4 Å². The lowest BCUT2D eigenvalue weighted by Crippen LogP contribution is -2.28. The molecule has 0 aliphatic carbocycles. The maximum atomic E-state index is 11.9. The van der Waals surface area contributed by atoms with E-state index in [1.807, 2.05) is 0 Å². The van der Waals surface area contributed by atoms with Crippen molar-refractivity contribution in [1.82, 2.24) is 9.88 Å². The van der Waals surface area contributed by atoms with Crippen LogP contribution >= 0.6 is 11.6 Å². The Bertz CT molecular complexity index is 366. The standard InChI is InChI=1S/C12H17ClN2O/c1-9(2)5-7-15(3)12(16)10-4-6-14-11(13)8-10/h4,6,8-9H,5,7H2,1-3H3. The molecule has 3 nitrogen and oxygen atoms in total. The zero-order valence-electron chi connectivity index (χ0n) is 9.90. The predicted octanol–water partition coefficient (Wildman–Crippen LogP) is 2.85. The van der Waals surface area contributed by atoms with E-state index >= 15 is 0 Å². The van der Waals surface area contributed by atoms with Crippen molar-refractivity contribution in [2.75, 3.05) is 13.6 Å². The molecule has 4 heteroatoms. The van der Waals surface area contributed by atoms with Gasteiger partial charge < -0.3 is 4.90 Å². The summed E-state index contributed by atoms with van der Waals surface area (Å²) in [6.07, 6.45) is 2.55. The van der Waals surface area contributed by atoms with E-state index in [2.05, 4.69) is 18.8 Å². The third-order valence-corrected chi connectivity index (χ3v) is 2.57. The van der Waals surface area contributed by atoms with Crippen LogP contribution in [-0.2, 0) is 0 Å². The molecule has 1 aromatic rings. The van der Waals surface area contributed by atoms with E-state index in [4.69, 9.17) is 11.6 Å². The van der Waals surface area contributed by atoms with Crippen molar-refractivity contribution in [2.24, 2.45) is 5.92 Å². The summed E-state index contributed by atoms with van der Waals surface area (Å²) in [6.45, 7) is 5.04. The minimum Gasteiger partial charge on any atom is -0.342 e. The largest absolute Gasteiger partial charge is 0.342 e. The van der Waals surface area contributed by atoms with Crippen LogP contribution in [0.15, 0.2) is 18.3 Å². The number of halogens is 1. The summed E-state index contributed by atoms with van der Waals surface area (Å²) >= 11 is 5.74. The molecule has 1 amide bonds. The van der Waals surface area contributed by atoms with Gasteiger partial charge in [0.2, 0.25) is 0 Å². The first-order chi connectivity index (χ1) is 7.50. The maximum absolute atomic E-state index is 11.9. The van der Waals surface area contributed by atoms with Crippen molar-refractivity contribution >= 4 is 17.5 Å². The van der Waals surface area contributed by atoms with Crippen LogP contribution in [0.25, 0.3) is 0 Å². The lowest BCUT2D eigenvalue weighted by Gasteiger charge is -2.18. The fraction of sp³-hybridized carbons (Fsp3) is 0.500. The molecule has 1 rings (SSSR count). The summed E-state index contributed by atoms with van der Waals surface area (Å²) in [5.74, 6) is 0.584. The zero-order chi connectivity index (χ0) is 12.1. The van der Waals surface area contributed by atoms with Gasteiger partial charge in [-0.15, -0.1) is 0 Å². The van der Waals surface area contributed by atoms with Crippen LogP contribution in [0, 0.1) is 5.92 Å². The van der Waals surface area contributed by atoms with Crippen molar-refractivity contribution in [3.63, 3.8) is 0 Å². The first-order valence-corrected chi connectivity index (χ1v) is 5.75. The van der Waals surface area contributed by atoms with Gasteiger partial charge in [0.25, 0.3) is 5.91 Å². The highest BCUT2D eigenvalue weighted by Gasteiger charge is 2.12. The molecule has 0 fully saturated rings. The van der Waals surface area contributed by atoms with Crippen LogP contribution in [0.1, 0.15) is 30.6 Å². The zero-order valence-corrected chi connectivity index (χ0v) is 10.7. The second kappa shape index (κ2) is 5.85. The fourth-order valence-corrected chi connectivity index (χ4v) is 1.48. The van der Waals surface area contributed by atoms with E-state index in [9.17, 15) is 4.79 Å². The molecule has 0 unspecified atom stereocenters. The average molecular weight is 241 g/mol. The summed E-state index contributed by atoms with van der Waals surface area (Å²) in [5.41, 5.74) is 0.589. The number of hydrogen-bond donors (Lipinski definition) is 0. The van der Waals surface area contributed by atoms with Crippen LogP contribution < -0.4 is 0 Å². The Morgan fingerprint density at radius 2 is 2.25 bits per heavy atom.